The maximum Gasteiger partial charge on any atom is 0.274 e. The van der Waals surface area contributed by atoms with Gasteiger partial charge in [0.15, 0.2) is 0 Å². The predicted molar refractivity (Wildman–Crippen MR) is 81.5 cm³/mol. The molecule has 0 aliphatic heterocycles. The molecule has 1 N–H and O–H groups in total. The smallest absolute Gasteiger partial charge is 0.274 e. The van der Waals surface area contributed by atoms with Crippen LogP contribution in [0.15, 0.2) is 30.5 Å². The lowest BCUT2D eigenvalue weighted by molar-refractivity contribution is 0.0589. The van der Waals surface area contributed by atoms with Gasteiger partial charge in [-0.05, 0) is 31.0 Å². The minimum Gasteiger partial charge on any atom is -0.382 e. The second kappa shape index (κ2) is 6.27. The number of pyridine rings is 1. The largest absolute Gasteiger partial charge is 0.382 e. The Labute approximate surface area is 129 Å². The second-order valence-electron chi connectivity index (χ2n) is 5.62. The molecule has 0 bridgehead atoms. The minimum atomic E-state index is -0.236. The SMILES string of the molecule is COC[C@@H](c1ccccn1)N(C)C(=O)c1cc(C2CC2)[nH]n1. The number of hydrogen-bond acceptors (Lipinski definition) is 4. The first kappa shape index (κ1) is 14.7. The monoisotopic (exact) mass is 300 g/mol. The number of nitrogens with zero attached hydrogens (tertiary/aromatic N) is 3. The van der Waals surface area contributed by atoms with Crippen LogP contribution in [0.25, 0.3) is 0 Å². The standard InChI is InChI=1S/C16H20N4O2/c1-20(15(10-22-2)12-5-3-4-8-17-12)16(21)14-9-13(18-19-14)11-6-7-11/h3-5,8-9,11,15H,6-7,10H2,1-2H3,(H,18,19)/t15-/m0/s1. The summed E-state index contributed by atoms with van der Waals surface area (Å²) in [6.45, 7) is 0.388. The lowest BCUT2D eigenvalue weighted by Crippen LogP contribution is -2.34. The van der Waals surface area contributed by atoms with Crippen LogP contribution in [-0.2, 0) is 4.74 Å². The van der Waals surface area contributed by atoms with E-state index in [2.05, 4.69) is 15.2 Å². The van der Waals surface area contributed by atoms with Crippen molar-refractivity contribution in [2.75, 3.05) is 20.8 Å². The van der Waals surface area contributed by atoms with Crippen LogP contribution in [0, 0.1) is 0 Å². The zero-order chi connectivity index (χ0) is 15.5. The lowest BCUT2D eigenvalue weighted by Gasteiger charge is -2.26. The maximum atomic E-state index is 12.7. The summed E-state index contributed by atoms with van der Waals surface area (Å²) in [7, 11) is 3.38. The summed E-state index contributed by atoms with van der Waals surface area (Å²) in [6, 6.07) is 7.28. The van der Waals surface area contributed by atoms with E-state index < -0.39 is 0 Å². The molecule has 6 heteroatoms. The van der Waals surface area contributed by atoms with Gasteiger partial charge in [-0.1, -0.05) is 6.07 Å². The third kappa shape index (κ3) is 3.01. The molecule has 1 aliphatic carbocycles. The Bertz CT molecular complexity index is 637. The van der Waals surface area contributed by atoms with Gasteiger partial charge >= 0.3 is 0 Å². The van der Waals surface area contributed by atoms with E-state index in [-0.39, 0.29) is 11.9 Å². The van der Waals surface area contributed by atoms with Gasteiger partial charge in [-0.15, -0.1) is 0 Å². The quantitative estimate of drug-likeness (QED) is 0.887. The Morgan fingerprint density at radius 1 is 1.50 bits per heavy atom. The molecule has 3 rings (SSSR count). The zero-order valence-corrected chi connectivity index (χ0v) is 12.8. The van der Waals surface area contributed by atoms with Crippen LogP contribution in [0.1, 0.15) is 46.7 Å². The number of amides is 1. The molecule has 22 heavy (non-hydrogen) atoms. The van der Waals surface area contributed by atoms with E-state index in [1.54, 1.807) is 25.3 Å². The molecule has 0 unspecified atom stereocenters. The molecule has 1 atom stereocenters. The van der Waals surface area contributed by atoms with Crippen molar-refractivity contribution in [3.8, 4) is 0 Å². The van der Waals surface area contributed by atoms with E-state index in [0.29, 0.717) is 18.2 Å². The fourth-order valence-electron chi connectivity index (χ4n) is 2.50. The summed E-state index contributed by atoms with van der Waals surface area (Å²) in [5, 5.41) is 7.13. The van der Waals surface area contributed by atoms with Gasteiger partial charge in [0.2, 0.25) is 0 Å². The third-order valence-electron chi connectivity index (χ3n) is 3.98. The van der Waals surface area contributed by atoms with Crippen LogP contribution >= 0.6 is 0 Å². The Hall–Kier alpha value is -2.21. The van der Waals surface area contributed by atoms with Crippen LogP contribution in [0.4, 0.5) is 0 Å². The highest BCUT2D eigenvalue weighted by Gasteiger charge is 2.29. The van der Waals surface area contributed by atoms with E-state index in [1.165, 1.54) is 12.8 Å². The molecule has 2 aromatic rings. The van der Waals surface area contributed by atoms with E-state index in [1.807, 2.05) is 24.3 Å². The summed E-state index contributed by atoms with van der Waals surface area (Å²) in [5.74, 6) is 0.417. The highest BCUT2D eigenvalue weighted by atomic mass is 16.5. The van der Waals surface area contributed by atoms with Crippen molar-refractivity contribution in [3.63, 3.8) is 0 Å². The number of ether oxygens (including phenoxy) is 1. The van der Waals surface area contributed by atoms with Crippen LogP contribution in [0.5, 0.6) is 0 Å². The number of carbonyl (C=O) groups is 1. The first-order valence-corrected chi connectivity index (χ1v) is 7.43. The average Bonchev–Trinajstić information content (AvgIpc) is 3.29. The molecular formula is C16H20N4O2. The highest BCUT2D eigenvalue weighted by Crippen LogP contribution is 2.39. The first-order valence-electron chi connectivity index (χ1n) is 7.43. The summed E-state index contributed by atoms with van der Waals surface area (Å²) in [6.07, 6.45) is 4.06. The van der Waals surface area contributed by atoms with E-state index in [4.69, 9.17) is 4.74 Å². The Kier molecular flexibility index (Phi) is 4.20. The van der Waals surface area contributed by atoms with Crippen molar-refractivity contribution in [3.05, 3.63) is 47.5 Å². The molecule has 2 aromatic heterocycles. The van der Waals surface area contributed by atoms with Gasteiger partial charge in [0.1, 0.15) is 5.69 Å². The van der Waals surface area contributed by atoms with Crippen LogP contribution < -0.4 is 0 Å². The second-order valence-corrected chi connectivity index (χ2v) is 5.62. The molecule has 0 spiro atoms. The predicted octanol–water partition coefficient (Wildman–Crippen LogP) is 2.14. The number of aromatic nitrogens is 3. The topological polar surface area (TPSA) is 71.1 Å². The Morgan fingerprint density at radius 3 is 2.95 bits per heavy atom. The molecule has 0 aromatic carbocycles. The van der Waals surface area contributed by atoms with E-state index in [0.717, 1.165) is 11.4 Å². The first-order chi connectivity index (χ1) is 10.7. The van der Waals surface area contributed by atoms with E-state index in [9.17, 15) is 4.79 Å². The molecular weight excluding hydrogens is 280 g/mol. The normalized spacial score (nSPS) is 15.5. The van der Waals surface area contributed by atoms with Crippen molar-refractivity contribution in [2.45, 2.75) is 24.8 Å². The Morgan fingerprint density at radius 2 is 2.32 bits per heavy atom. The molecule has 2 heterocycles. The van der Waals surface area contributed by atoms with Gasteiger partial charge in [0.05, 0.1) is 18.3 Å². The zero-order valence-electron chi connectivity index (χ0n) is 12.8. The lowest BCUT2D eigenvalue weighted by atomic mass is 10.1. The minimum absolute atomic E-state index is 0.129. The van der Waals surface area contributed by atoms with Gasteiger partial charge in [-0.3, -0.25) is 14.9 Å². The number of likely N-dealkylation sites (N-methyl/N-ethyl adjacent to an activating group) is 1. The number of aromatic amines is 1. The Balaban J connectivity index is 1.79. The number of nitrogens with one attached hydrogen (secondary N) is 1. The summed E-state index contributed by atoms with van der Waals surface area (Å²) in [4.78, 5) is 18.6. The molecule has 1 aliphatic rings. The number of rotatable bonds is 6. The van der Waals surface area contributed by atoms with Gasteiger partial charge in [0, 0.05) is 32.0 Å². The van der Waals surface area contributed by atoms with E-state index >= 15 is 0 Å². The number of hydrogen-bond donors (Lipinski definition) is 1. The summed E-state index contributed by atoms with van der Waals surface area (Å²) < 4.78 is 5.26. The summed E-state index contributed by atoms with van der Waals surface area (Å²) >= 11 is 0. The number of H-pyrrole nitrogens is 1. The van der Waals surface area contributed by atoms with Crippen molar-refractivity contribution in [2.24, 2.45) is 0 Å². The van der Waals surface area contributed by atoms with Gasteiger partial charge < -0.3 is 9.64 Å². The molecule has 0 saturated heterocycles. The molecule has 1 amide bonds. The van der Waals surface area contributed by atoms with Crippen LogP contribution in [-0.4, -0.2) is 46.8 Å². The van der Waals surface area contributed by atoms with Crippen LogP contribution in [0.2, 0.25) is 0 Å². The fourth-order valence-corrected chi connectivity index (χ4v) is 2.50. The van der Waals surface area contributed by atoms with Crippen molar-refractivity contribution < 1.29 is 9.53 Å². The van der Waals surface area contributed by atoms with Crippen LogP contribution in [0.3, 0.4) is 0 Å². The highest BCUT2D eigenvalue weighted by molar-refractivity contribution is 5.92. The average molecular weight is 300 g/mol. The van der Waals surface area contributed by atoms with Gasteiger partial charge in [-0.25, -0.2) is 0 Å². The summed E-state index contributed by atoms with van der Waals surface area (Å²) in [5.41, 5.74) is 2.30. The van der Waals surface area contributed by atoms with Gasteiger partial charge in [0.25, 0.3) is 5.91 Å². The molecule has 6 nitrogen and oxygen atoms in total. The number of methoxy groups -OCH3 is 1. The molecule has 1 fully saturated rings. The van der Waals surface area contributed by atoms with Gasteiger partial charge in [-0.2, -0.15) is 5.10 Å². The third-order valence-corrected chi connectivity index (χ3v) is 3.98. The fraction of sp³-hybridized carbons (Fsp3) is 0.438. The molecule has 1 saturated carbocycles. The maximum absolute atomic E-state index is 12.7. The van der Waals surface area contributed by atoms with Crippen molar-refractivity contribution in [1.82, 2.24) is 20.1 Å². The number of carbonyl (C=O) groups excluding carboxylic acids is 1. The van der Waals surface area contributed by atoms with Crippen molar-refractivity contribution in [1.29, 1.82) is 0 Å². The van der Waals surface area contributed by atoms with Crippen molar-refractivity contribution >= 4 is 5.91 Å². The molecule has 0 radical (unpaired) electrons. The molecule has 116 valence electrons.